The summed E-state index contributed by atoms with van der Waals surface area (Å²) in [5.41, 5.74) is 2.16. The van der Waals surface area contributed by atoms with Crippen LogP contribution in [-0.4, -0.2) is 30.1 Å². The summed E-state index contributed by atoms with van der Waals surface area (Å²) in [6, 6.07) is 14.7. The smallest absolute Gasteiger partial charge is 0.335 e. The highest BCUT2D eigenvalue weighted by Gasteiger charge is 2.14. The van der Waals surface area contributed by atoms with Crippen LogP contribution in [-0.2, 0) is 16.6 Å². The molecule has 0 heterocycles. The zero-order valence-electron chi connectivity index (χ0n) is 16.1. The fourth-order valence-corrected chi connectivity index (χ4v) is 2.70. The lowest BCUT2D eigenvalue weighted by atomic mass is 9.87. The van der Waals surface area contributed by atoms with E-state index in [9.17, 15) is 9.59 Å². The molecule has 0 aromatic heterocycles. The Labute approximate surface area is 160 Å². The van der Waals surface area contributed by atoms with Crippen molar-refractivity contribution >= 4 is 11.9 Å². The molecule has 1 amide bonds. The first-order valence-electron chi connectivity index (χ1n) is 9.08. The van der Waals surface area contributed by atoms with Gasteiger partial charge in [0, 0.05) is 6.42 Å². The molecule has 0 bridgehead atoms. The molecule has 0 aliphatic carbocycles. The minimum Gasteiger partial charge on any atom is -0.492 e. The standard InChI is InChI=1S/C22H27NO4/c1-22(2,3)17-8-6-9-18(15-17)27-14-13-23-20(24)12-11-16-7-4-5-10-19(16)21(25)26/h4-10,15H,11-14H2,1-3H3,(H,23,24)(H,25,26). The summed E-state index contributed by atoms with van der Waals surface area (Å²) in [4.78, 5) is 23.2. The molecule has 0 atom stereocenters. The molecule has 2 aromatic rings. The van der Waals surface area contributed by atoms with Crippen LogP contribution in [0.3, 0.4) is 0 Å². The number of carbonyl (C=O) groups is 2. The first-order chi connectivity index (χ1) is 12.8. The Kier molecular flexibility index (Phi) is 6.99. The summed E-state index contributed by atoms with van der Waals surface area (Å²) in [5, 5.41) is 12.0. The number of hydrogen-bond acceptors (Lipinski definition) is 3. The Morgan fingerprint density at radius 3 is 2.52 bits per heavy atom. The van der Waals surface area contributed by atoms with Gasteiger partial charge in [-0.15, -0.1) is 0 Å². The average molecular weight is 369 g/mol. The molecule has 0 spiro atoms. The van der Waals surface area contributed by atoms with Crippen molar-refractivity contribution in [3.8, 4) is 5.75 Å². The lowest BCUT2D eigenvalue weighted by Crippen LogP contribution is -2.28. The van der Waals surface area contributed by atoms with E-state index in [4.69, 9.17) is 9.84 Å². The van der Waals surface area contributed by atoms with Gasteiger partial charge >= 0.3 is 5.97 Å². The van der Waals surface area contributed by atoms with E-state index in [2.05, 4.69) is 32.2 Å². The first kappa shape index (κ1) is 20.5. The van der Waals surface area contributed by atoms with Crippen molar-refractivity contribution in [2.45, 2.75) is 39.0 Å². The topological polar surface area (TPSA) is 75.6 Å². The summed E-state index contributed by atoms with van der Waals surface area (Å²) in [7, 11) is 0. The molecular formula is C22H27NO4. The quantitative estimate of drug-likeness (QED) is 0.694. The molecule has 144 valence electrons. The number of nitrogens with one attached hydrogen (secondary N) is 1. The molecule has 0 saturated heterocycles. The van der Waals surface area contributed by atoms with Gasteiger partial charge in [0.05, 0.1) is 12.1 Å². The molecule has 2 N–H and O–H groups in total. The van der Waals surface area contributed by atoms with Crippen LogP contribution in [0.2, 0.25) is 0 Å². The molecule has 0 saturated carbocycles. The van der Waals surface area contributed by atoms with Crippen LogP contribution >= 0.6 is 0 Å². The molecule has 5 heteroatoms. The van der Waals surface area contributed by atoms with Crippen LogP contribution in [0.25, 0.3) is 0 Å². The Balaban J connectivity index is 1.75. The SMILES string of the molecule is CC(C)(C)c1cccc(OCCNC(=O)CCc2ccccc2C(=O)O)c1. The van der Waals surface area contributed by atoms with Gasteiger partial charge in [-0.3, -0.25) is 4.79 Å². The molecule has 0 fully saturated rings. The predicted molar refractivity (Wildman–Crippen MR) is 105 cm³/mol. The number of amides is 1. The molecule has 0 aliphatic heterocycles. The van der Waals surface area contributed by atoms with E-state index < -0.39 is 5.97 Å². The van der Waals surface area contributed by atoms with Gasteiger partial charge in [-0.25, -0.2) is 4.79 Å². The highest BCUT2D eigenvalue weighted by Crippen LogP contribution is 2.25. The maximum absolute atomic E-state index is 12.0. The van der Waals surface area contributed by atoms with Crippen LogP contribution in [0.5, 0.6) is 5.75 Å². The maximum atomic E-state index is 12.0. The molecule has 5 nitrogen and oxygen atoms in total. The molecular weight excluding hydrogens is 342 g/mol. The Morgan fingerprint density at radius 1 is 1.07 bits per heavy atom. The van der Waals surface area contributed by atoms with Crippen molar-refractivity contribution in [3.63, 3.8) is 0 Å². The summed E-state index contributed by atoms with van der Waals surface area (Å²) in [6.45, 7) is 7.22. The third kappa shape index (κ3) is 6.44. The van der Waals surface area contributed by atoms with Gasteiger partial charge < -0.3 is 15.2 Å². The molecule has 27 heavy (non-hydrogen) atoms. The fraction of sp³-hybridized carbons (Fsp3) is 0.364. The summed E-state index contributed by atoms with van der Waals surface area (Å²) in [5.74, 6) is -0.314. The lowest BCUT2D eigenvalue weighted by Gasteiger charge is -2.19. The number of aromatic carboxylic acids is 1. The molecule has 0 radical (unpaired) electrons. The Hall–Kier alpha value is -2.82. The Morgan fingerprint density at radius 2 is 1.81 bits per heavy atom. The maximum Gasteiger partial charge on any atom is 0.335 e. The lowest BCUT2D eigenvalue weighted by molar-refractivity contribution is -0.121. The third-order valence-electron chi connectivity index (χ3n) is 4.26. The number of carboxylic acid groups (broad SMARTS) is 1. The second-order valence-corrected chi connectivity index (χ2v) is 7.44. The average Bonchev–Trinajstić information content (AvgIpc) is 2.63. The number of carbonyl (C=O) groups excluding carboxylic acids is 1. The van der Waals surface area contributed by atoms with E-state index >= 15 is 0 Å². The largest absolute Gasteiger partial charge is 0.492 e. The minimum atomic E-state index is -0.975. The van der Waals surface area contributed by atoms with Crippen LogP contribution in [0, 0.1) is 0 Å². The summed E-state index contributed by atoms with van der Waals surface area (Å²) >= 11 is 0. The van der Waals surface area contributed by atoms with Crippen LogP contribution in [0.15, 0.2) is 48.5 Å². The number of hydrogen-bond donors (Lipinski definition) is 2. The predicted octanol–water partition coefficient (Wildman–Crippen LogP) is 3.81. The van der Waals surface area contributed by atoms with E-state index in [1.165, 1.54) is 5.56 Å². The van der Waals surface area contributed by atoms with E-state index in [1.807, 2.05) is 18.2 Å². The molecule has 2 aromatic carbocycles. The highest BCUT2D eigenvalue weighted by atomic mass is 16.5. The molecule has 0 aliphatic rings. The third-order valence-corrected chi connectivity index (χ3v) is 4.26. The van der Waals surface area contributed by atoms with Gasteiger partial charge in [-0.05, 0) is 41.2 Å². The number of rotatable bonds is 8. The monoisotopic (exact) mass is 369 g/mol. The van der Waals surface area contributed by atoms with Crippen molar-refractivity contribution < 1.29 is 19.4 Å². The van der Waals surface area contributed by atoms with Crippen LogP contribution in [0.1, 0.15) is 48.7 Å². The van der Waals surface area contributed by atoms with Crippen LogP contribution < -0.4 is 10.1 Å². The van der Waals surface area contributed by atoms with Gasteiger partial charge in [0.2, 0.25) is 5.91 Å². The van der Waals surface area contributed by atoms with Gasteiger partial charge in [-0.2, -0.15) is 0 Å². The van der Waals surface area contributed by atoms with Crippen LogP contribution in [0.4, 0.5) is 0 Å². The van der Waals surface area contributed by atoms with Crippen molar-refractivity contribution in [3.05, 3.63) is 65.2 Å². The summed E-state index contributed by atoms with van der Waals surface area (Å²) < 4.78 is 5.71. The van der Waals surface area contributed by atoms with Crippen molar-refractivity contribution in [1.82, 2.24) is 5.32 Å². The summed E-state index contributed by atoms with van der Waals surface area (Å²) in [6.07, 6.45) is 0.632. The minimum absolute atomic E-state index is 0.0554. The second kappa shape index (κ2) is 9.21. The number of ether oxygens (including phenoxy) is 1. The number of aryl methyl sites for hydroxylation is 1. The molecule has 0 unspecified atom stereocenters. The van der Waals surface area contributed by atoms with Crippen molar-refractivity contribution in [2.75, 3.05) is 13.2 Å². The molecule has 2 rings (SSSR count). The van der Waals surface area contributed by atoms with Gasteiger partial charge in [0.15, 0.2) is 0 Å². The van der Waals surface area contributed by atoms with E-state index in [0.29, 0.717) is 25.1 Å². The zero-order chi connectivity index (χ0) is 19.9. The van der Waals surface area contributed by atoms with E-state index in [-0.39, 0.29) is 23.3 Å². The van der Waals surface area contributed by atoms with E-state index in [0.717, 1.165) is 5.75 Å². The van der Waals surface area contributed by atoms with E-state index in [1.54, 1.807) is 24.3 Å². The number of benzene rings is 2. The number of carboxylic acids is 1. The van der Waals surface area contributed by atoms with Crippen molar-refractivity contribution in [2.24, 2.45) is 0 Å². The first-order valence-corrected chi connectivity index (χ1v) is 9.08. The van der Waals surface area contributed by atoms with Gasteiger partial charge in [0.1, 0.15) is 12.4 Å². The normalized spacial score (nSPS) is 11.1. The Bertz CT molecular complexity index is 793. The highest BCUT2D eigenvalue weighted by molar-refractivity contribution is 5.89. The fourth-order valence-electron chi connectivity index (χ4n) is 2.70. The van der Waals surface area contributed by atoms with Crippen molar-refractivity contribution in [1.29, 1.82) is 0 Å². The second-order valence-electron chi connectivity index (χ2n) is 7.44. The van der Waals surface area contributed by atoms with Gasteiger partial charge in [-0.1, -0.05) is 51.1 Å². The zero-order valence-corrected chi connectivity index (χ0v) is 16.1. The van der Waals surface area contributed by atoms with Gasteiger partial charge in [0.25, 0.3) is 0 Å².